The van der Waals surface area contributed by atoms with Crippen LogP contribution in [0.15, 0.2) is 66.7 Å². The van der Waals surface area contributed by atoms with Gasteiger partial charge in [-0.1, -0.05) is 36.4 Å². The number of amides is 2. The number of carbonyl (C=O) groups excluding carboxylic acids is 2. The van der Waals surface area contributed by atoms with E-state index in [4.69, 9.17) is 9.47 Å². The van der Waals surface area contributed by atoms with Gasteiger partial charge >= 0.3 is 12.3 Å². The van der Waals surface area contributed by atoms with Crippen LogP contribution in [0.5, 0.6) is 11.5 Å². The van der Waals surface area contributed by atoms with Crippen LogP contribution in [0.4, 0.5) is 23.7 Å². The van der Waals surface area contributed by atoms with Crippen molar-refractivity contribution < 1.29 is 32.2 Å². The Labute approximate surface area is 204 Å². The molecule has 9 heteroatoms. The SMILES string of the molecule is CN1CC(Cc2ccc(Oc3ccc(C=C4C(=O)Nc5ccccc54)cc3)cc2C(F)(F)F)OC1=O. The third-order valence-electron chi connectivity index (χ3n) is 6.03. The summed E-state index contributed by atoms with van der Waals surface area (Å²) in [7, 11) is 1.53. The maximum absolute atomic E-state index is 13.8. The zero-order valence-corrected chi connectivity index (χ0v) is 19.1. The highest BCUT2D eigenvalue weighted by molar-refractivity contribution is 6.34. The molecule has 5 rings (SSSR count). The number of cyclic esters (lactones) is 1. The highest BCUT2D eigenvalue weighted by atomic mass is 19.4. The van der Waals surface area contributed by atoms with Crippen molar-refractivity contribution in [2.45, 2.75) is 18.7 Å². The molecular weight excluding hydrogens is 473 g/mol. The number of hydrogen-bond donors (Lipinski definition) is 1. The summed E-state index contributed by atoms with van der Waals surface area (Å²) in [5, 5.41) is 2.81. The number of alkyl halides is 3. The number of anilines is 1. The molecule has 184 valence electrons. The van der Waals surface area contributed by atoms with Crippen LogP contribution in [-0.4, -0.2) is 36.6 Å². The van der Waals surface area contributed by atoms with Gasteiger partial charge in [0.15, 0.2) is 0 Å². The van der Waals surface area contributed by atoms with Gasteiger partial charge < -0.3 is 19.7 Å². The van der Waals surface area contributed by atoms with Crippen molar-refractivity contribution in [1.82, 2.24) is 4.90 Å². The lowest BCUT2D eigenvalue weighted by Crippen LogP contribution is -2.21. The fourth-order valence-electron chi connectivity index (χ4n) is 4.28. The summed E-state index contributed by atoms with van der Waals surface area (Å²) in [5.74, 6) is 0.178. The number of benzene rings is 3. The Hall–Kier alpha value is -4.27. The summed E-state index contributed by atoms with van der Waals surface area (Å²) in [6, 6.07) is 17.8. The summed E-state index contributed by atoms with van der Waals surface area (Å²) in [5.41, 5.74) is 2.02. The molecular formula is C27H21F3N2O4. The third-order valence-corrected chi connectivity index (χ3v) is 6.03. The molecule has 0 bridgehead atoms. The molecule has 0 spiro atoms. The van der Waals surface area contributed by atoms with E-state index in [1.807, 2.05) is 24.3 Å². The highest BCUT2D eigenvalue weighted by Gasteiger charge is 2.36. The standard InChI is InChI=1S/C27H21F3N2O4/c1-32-15-20(36-26(32)34)13-17-8-11-19(14-23(17)27(28,29)30)35-18-9-6-16(7-10-18)12-22-21-4-2-3-5-24(21)31-25(22)33/h2-12,14,20H,13,15H2,1H3,(H,31,33). The van der Waals surface area contributed by atoms with Crippen molar-refractivity contribution in [3.63, 3.8) is 0 Å². The average molecular weight is 494 g/mol. The molecule has 3 aromatic carbocycles. The lowest BCUT2D eigenvalue weighted by atomic mass is 10.0. The van der Waals surface area contributed by atoms with Crippen LogP contribution in [0.3, 0.4) is 0 Å². The largest absolute Gasteiger partial charge is 0.457 e. The van der Waals surface area contributed by atoms with Crippen molar-refractivity contribution in [1.29, 1.82) is 0 Å². The van der Waals surface area contributed by atoms with E-state index in [1.165, 1.54) is 24.1 Å². The second kappa shape index (κ2) is 9.07. The molecule has 2 aliphatic rings. The molecule has 1 atom stereocenters. The van der Waals surface area contributed by atoms with Gasteiger partial charge in [0, 0.05) is 30.3 Å². The smallest absolute Gasteiger partial charge is 0.416 e. The van der Waals surface area contributed by atoms with Crippen LogP contribution in [0.2, 0.25) is 0 Å². The summed E-state index contributed by atoms with van der Waals surface area (Å²) in [6.07, 6.45) is -4.10. The van der Waals surface area contributed by atoms with Crippen LogP contribution < -0.4 is 10.1 Å². The number of likely N-dealkylation sites (N-methyl/N-ethyl adjacent to an activating group) is 1. The molecule has 3 aromatic rings. The Bertz CT molecular complexity index is 1370. The van der Waals surface area contributed by atoms with Crippen LogP contribution in [0.25, 0.3) is 11.6 Å². The van der Waals surface area contributed by atoms with Gasteiger partial charge in [0.1, 0.15) is 17.6 Å². The van der Waals surface area contributed by atoms with Crippen molar-refractivity contribution in [2.75, 3.05) is 18.9 Å². The summed E-state index contributed by atoms with van der Waals surface area (Å²) in [6.45, 7) is 0.226. The minimum Gasteiger partial charge on any atom is -0.457 e. The molecule has 0 saturated carbocycles. The van der Waals surface area contributed by atoms with Crippen LogP contribution in [-0.2, 0) is 22.1 Å². The molecule has 0 aliphatic carbocycles. The van der Waals surface area contributed by atoms with Gasteiger partial charge in [-0.15, -0.1) is 0 Å². The Morgan fingerprint density at radius 1 is 1.06 bits per heavy atom. The zero-order chi connectivity index (χ0) is 25.4. The van der Waals surface area contributed by atoms with E-state index in [9.17, 15) is 22.8 Å². The summed E-state index contributed by atoms with van der Waals surface area (Å²) >= 11 is 0. The van der Waals surface area contributed by atoms with Crippen molar-refractivity contribution >= 4 is 29.3 Å². The van der Waals surface area contributed by atoms with Gasteiger partial charge in [-0.05, 0) is 47.5 Å². The Morgan fingerprint density at radius 2 is 1.78 bits per heavy atom. The fourth-order valence-corrected chi connectivity index (χ4v) is 4.28. The first kappa shape index (κ1) is 23.5. The van der Waals surface area contributed by atoms with Gasteiger partial charge in [-0.2, -0.15) is 13.2 Å². The average Bonchev–Trinajstić information content (AvgIpc) is 3.32. The first-order chi connectivity index (χ1) is 17.2. The molecule has 2 aliphatic heterocycles. The molecule has 0 radical (unpaired) electrons. The zero-order valence-electron chi connectivity index (χ0n) is 19.1. The number of halogens is 3. The van der Waals surface area contributed by atoms with Gasteiger partial charge in [-0.3, -0.25) is 4.79 Å². The molecule has 1 N–H and O–H groups in total. The van der Waals surface area contributed by atoms with Gasteiger partial charge in [0.05, 0.1) is 12.1 Å². The monoisotopic (exact) mass is 494 g/mol. The lowest BCUT2D eigenvalue weighted by molar-refractivity contribution is -0.138. The topological polar surface area (TPSA) is 67.9 Å². The number of nitrogens with one attached hydrogen (secondary N) is 1. The maximum atomic E-state index is 13.8. The Balaban J connectivity index is 1.33. The molecule has 1 fully saturated rings. The van der Waals surface area contributed by atoms with E-state index in [1.54, 1.807) is 30.3 Å². The van der Waals surface area contributed by atoms with Crippen LogP contribution in [0.1, 0.15) is 22.3 Å². The maximum Gasteiger partial charge on any atom is 0.416 e. The van der Waals surface area contributed by atoms with Gasteiger partial charge in [-0.25, -0.2) is 4.79 Å². The molecule has 2 amide bonds. The van der Waals surface area contributed by atoms with Crippen molar-refractivity contribution in [3.8, 4) is 11.5 Å². The number of ether oxygens (including phenoxy) is 2. The molecule has 36 heavy (non-hydrogen) atoms. The minimum absolute atomic E-state index is 0.0278. The predicted molar refractivity (Wildman–Crippen MR) is 128 cm³/mol. The van der Waals surface area contributed by atoms with Gasteiger partial charge in [0.2, 0.25) is 0 Å². The highest BCUT2D eigenvalue weighted by Crippen LogP contribution is 2.37. The molecule has 1 unspecified atom stereocenters. The summed E-state index contributed by atoms with van der Waals surface area (Å²) in [4.78, 5) is 25.2. The Kier molecular flexibility index (Phi) is 5.91. The number of nitrogens with zero attached hydrogens (tertiary/aromatic N) is 1. The van der Waals surface area contributed by atoms with E-state index in [2.05, 4.69) is 5.32 Å². The predicted octanol–water partition coefficient (Wildman–Crippen LogP) is 5.98. The van der Waals surface area contributed by atoms with Crippen molar-refractivity contribution in [2.24, 2.45) is 0 Å². The third kappa shape index (κ3) is 4.77. The normalized spacial score (nSPS) is 18.3. The Morgan fingerprint density at radius 3 is 2.47 bits per heavy atom. The first-order valence-corrected chi connectivity index (χ1v) is 11.2. The number of carbonyl (C=O) groups is 2. The number of para-hydroxylation sites is 1. The van der Waals surface area contributed by atoms with E-state index in [0.29, 0.717) is 11.3 Å². The first-order valence-electron chi connectivity index (χ1n) is 11.2. The summed E-state index contributed by atoms with van der Waals surface area (Å²) < 4.78 is 52.1. The second-order valence-corrected chi connectivity index (χ2v) is 8.64. The molecule has 2 heterocycles. The van der Waals surface area contributed by atoms with Crippen LogP contribution >= 0.6 is 0 Å². The van der Waals surface area contributed by atoms with Crippen LogP contribution in [0, 0.1) is 0 Å². The second-order valence-electron chi connectivity index (χ2n) is 8.64. The van der Waals surface area contributed by atoms with Gasteiger partial charge in [0.25, 0.3) is 5.91 Å². The molecule has 1 saturated heterocycles. The quantitative estimate of drug-likeness (QED) is 0.443. The molecule has 0 aromatic heterocycles. The minimum atomic E-state index is -4.60. The van der Waals surface area contributed by atoms with E-state index in [0.717, 1.165) is 22.9 Å². The lowest BCUT2D eigenvalue weighted by Gasteiger charge is -2.17. The van der Waals surface area contributed by atoms with E-state index >= 15 is 0 Å². The van der Waals surface area contributed by atoms with E-state index in [-0.39, 0.29) is 30.2 Å². The molecule has 6 nitrogen and oxygen atoms in total. The fraction of sp³-hybridized carbons (Fsp3) is 0.185. The van der Waals surface area contributed by atoms with Crippen molar-refractivity contribution in [3.05, 3.63) is 89.0 Å². The number of hydrogen-bond acceptors (Lipinski definition) is 4. The number of fused-ring (bicyclic) bond motifs is 1. The van der Waals surface area contributed by atoms with E-state index < -0.39 is 23.9 Å². The number of rotatable bonds is 5.